The predicted octanol–water partition coefficient (Wildman–Crippen LogP) is 2.11. The number of hydrogen-bond donors (Lipinski definition) is 1. The SMILES string of the molecule is CCCN(CC)C(CC)CCNC. The van der Waals surface area contributed by atoms with Crippen LogP contribution in [0.1, 0.15) is 40.0 Å². The molecule has 0 saturated heterocycles. The summed E-state index contributed by atoms with van der Waals surface area (Å²) in [6.45, 7) is 10.4. The van der Waals surface area contributed by atoms with Crippen LogP contribution in [-0.2, 0) is 0 Å². The van der Waals surface area contributed by atoms with Gasteiger partial charge in [-0.2, -0.15) is 0 Å². The molecule has 0 aromatic rings. The minimum absolute atomic E-state index is 0.775. The molecule has 80 valence electrons. The van der Waals surface area contributed by atoms with E-state index in [1.165, 1.54) is 32.4 Å². The van der Waals surface area contributed by atoms with Gasteiger partial charge in [0.05, 0.1) is 0 Å². The number of nitrogens with one attached hydrogen (secondary N) is 1. The molecule has 0 bridgehead atoms. The van der Waals surface area contributed by atoms with E-state index in [1.807, 2.05) is 7.05 Å². The van der Waals surface area contributed by atoms with Gasteiger partial charge in [-0.1, -0.05) is 20.8 Å². The molecule has 0 aromatic heterocycles. The third-order valence-corrected chi connectivity index (χ3v) is 2.63. The van der Waals surface area contributed by atoms with E-state index in [4.69, 9.17) is 0 Å². The first-order valence-corrected chi connectivity index (χ1v) is 5.68. The number of hydrogen-bond acceptors (Lipinski definition) is 2. The first-order valence-electron chi connectivity index (χ1n) is 5.68. The predicted molar refractivity (Wildman–Crippen MR) is 60.2 cm³/mol. The van der Waals surface area contributed by atoms with Crippen LogP contribution in [0.5, 0.6) is 0 Å². The van der Waals surface area contributed by atoms with Crippen LogP contribution in [-0.4, -0.2) is 37.6 Å². The monoisotopic (exact) mass is 186 g/mol. The van der Waals surface area contributed by atoms with Crippen molar-refractivity contribution in [3.63, 3.8) is 0 Å². The molecule has 0 aliphatic heterocycles. The van der Waals surface area contributed by atoms with Crippen molar-refractivity contribution in [2.75, 3.05) is 26.7 Å². The Hall–Kier alpha value is -0.0800. The summed E-state index contributed by atoms with van der Waals surface area (Å²) in [7, 11) is 2.03. The van der Waals surface area contributed by atoms with Crippen molar-refractivity contribution in [2.24, 2.45) is 0 Å². The topological polar surface area (TPSA) is 15.3 Å². The second-order valence-electron chi connectivity index (χ2n) is 3.58. The maximum absolute atomic E-state index is 3.23. The third kappa shape index (κ3) is 5.27. The highest BCUT2D eigenvalue weighted by Gasteiger charge is 2.12. The molecule has 0 saturated carbocycles. The van der Waals surface area contributed by atoms with Crippen LogP contribution in [0, 0.1) is 0 Å². The smallest absolute Gasteiger partial charge is 0.0105 e. The molecule has 1 N–H and O–H groups in total. The highest BCUT2D eigenvalue weighted by Crippen LogP contribution is 2.08. The van der Waals surface area contributed by atoms with Gasteiger partial charge in [0.25, 0.3) is 0 Å². The minimum Gasteiger partial charge on any atom is -0.320 e. The first kappa shape index (κ1) is 12.9. The Morgan fingerprint density at radius 2 is 1.92 bits per heavy atom. The molecule has 2 heteroatoms. The maximum atomic E-state index is 3.23. The van der Waals surface area contributed by atoms with Gasteiger partial charge in [-0.3, -0.25) is 0 Å². The summed E-state index contributed by atoms with van der Waals surface area (Å²) in [6, 6.07) is 0.775. The van der Waals surface area contributed by atoms with E-state index in [0.29, 0.717) is 0 Å². The molecule has 0 fully saturated rings. The molecule has 2 nitrogen and oxygen atoms in total. The Balaban J connectivity index is 3.84. The van der Waals surface area contributed by atoms with Crippen LogP contribution < -0.4 is 5.32 Å². The Morgan fingerprint density at radius 3 is 2.31 bits per heavy atom. The van der Waals surface area contributed by atoms with Crippen molar-refractivity contribution < 1.29 is 0 Å². The van der Waals surface area contributed by atoms with Crippen molar-refractivity contribution in [1.82, 2.24) is 10.2 Å². The van der Waals surface area contributed by atoms with Gasteiger partial charge in [0, 0.05) is 6.04 Å². The molecule has 1 unspecified atom stereocenters. The van der Waals surface area contributed by atoms with Crippen LogP contribution in [0.3, 0.4) is 0 Å². The zero-order valence-corrected chi connectivity index (χ0v) is 9.77. The summed E-state index contributed by atoms with van der Waals surface area (Å²) in [5.41, 5.74) is 0. The van der Waals surface area contributed by atoms with Crippen LogP contribution in [0.4, 0.5) is 0 Å². The highest BCUT2D eigenvalue weighted by atomic mass is 15.1. The fourth-order valence-corrected chi connectivity index (χ4v) is 1.84. The second-order valence-corrected chi connectivity index (χ2v) is 3.58. The van der Waals surface area contributed by atoms with Crippen molar-refractivity contribution >= 4 is 0 Å². The Bertz CT molecular complexity index is 104. The third-order valence-electron chi connectivity index (χ3n) is 2.63. The lowest BCUT2D eigenvalue weighted by molar-refractivity contribution is 0.191. The van der Waals surface area contributed by atoms with Gasteiger partial charge in [-0.25, -0.2) is 0 Å². The molecule has 0 rings (SSSR count). The van der Waals surface area contributed by atoms with Crippen LogP contribution >= 0.6 is 0 Å². The van der Waals surface area contributed by atoms with Crippen molar-refractivity contribution in [3.05, 3.63) is 0 Å². The van der Waals surface area contributed by atoms with Crippen molar-refractivity contribution in [1.29, 1.82) is 0 Å². The molecular weight excluding hydrogens is 160 g/mol. The number of nitrogens with zero attached hydrogens (tertiary/aromatic N) is 1. The molecule has 0 radical (unpaired) electrons. The normalized spacial score (nSPS) is 13.6. The zero-order chi connectivity index (χ0) is 10.1. The van der Waals surface area contributed by atoms with E-state index in [2.05, 4.69) is 31.0 Å². The van der Waals surface area contributed by atoms with E-state index in [1.54, 1.807) is 0 Å². The van der Waals surface area contributed by atoms with E-state index in [0.717, 1.165) is 12.6 Å². The van der Waals surface area contributed by atoms with Crippen LogP contribution in [0.25, 0.3) is 0 Å². The zero-order valence-electron chi connectivity index (χ0n) is 9.77. The van der Waals surface area contributed by atoms with Crippen LogP contribution in [0.2, 0.25) is 0 Å². The summed E-state index contributed by atoms with van der Waals surface area (Å²) in [5.74, 6) is 0. The fraction of sp³-hybridized carbons (Fsp3) is 1.00. The summed E-state index contributed by atoms with van der Waals surface area (Å²) in [4.78, 5) is 2.59. The molecule has 0 amide bonds. The van der Waals surface area contributed by atoms with E-state index < -0.39 is 0 Å². The Morgan fingerprint density at radius 1 is 1.23 bits per heavy atom. The first-order chi connectivity index (χ1) is 6.29. The molecule has 0 aromatic carbocycles. The van der Waals surface area contributed by atoms with Crippen molar-refractivity contribution in [2.45, 2.75) is 46.1 Å². The average molecular weight is 186 g/mol. The summed E-state index contributed by atoms with van der Waals surface area (Å²) in [6.07, 6.45) is 3.82. The largest absolute Gasteiger partial charge is 0.320 e. The molecular formula is C11H26N2. The summed E-state index contributed by atoms with van der Waals surface area (Å²) >= 11 is 0. The van der Waals surface area contributed by atoms with Gasteiger partial charge in [-0.15, -0.1) is 0 Å². The van der Waals surface area contributed by atoms with E-state index >= 15 is 0 Å². The lowest BCUT2D eigenvalue weighted by atomic mass is 10.1. The fourth-order valence-electron chi connectivity index (χ4n) is 1.84. The maximum Gasteiger partial charge on any atom is 0.0105 e. The molecule has 1 atom stereocenters. The quantitative estimate of drug-likeness (QED) is 0.624. The lowest BCUT2D eigenvalue weighted by Crippen LogP contribution is -2.37. The Labute approximate surface area is 83.7 Å². The van der Waals surface area contributed by atoms with E-state index in [-0.39, 0.29) is 0 Å². The summed E-state index contributed by atoms with van der Waals surface area (Å²) in [5, 5.41) is 3.23. The van der Waals surface area contributed by atoms with Crippen LogP contribution in [0.15, 0.2) is 0 Å². The van der Waals surface area contributed by atoms with Gasteiger partial charge in [-0.05, 0) is 45.9 Å². The molecule has 13 heavy (non-hydrogen) atoms. The van der Waals surface area contributed by atoms with Gasteiger partial charge < -0.3 is 10.2 Å². The highest BCUT2D eigenvalue weighted by molar-refractivity contribution is 4.69. The second kappa shape index (κ2) is 8.52. The van der Waals surface area contributed by atoms with Gasteiger partial charge >= 0.3 is 0 Å². The Kier molecular flexibility index (Phi) is 8.46. The van der Waals surface area contributed by atoms with Crippen molar-refractivity contribution in [3.8, 4) is 0 Å². The summed E-state index contributed by atoms with van der Waals surface area (Å²) < 4.78 is 0. The van der Waals surface area contributed by atoms with Gasteiger partial charge in [0.1, 0.15) is 0 Å². The van der Waals surface area contributed by atoms with E-state index in [9.17, 15) is 0 Å². The lowest BCUT2D eigenvalue weighted by Gasteiger charge is -2.29. The number of rotatable bonds is 8. The average Bonchev–Trinajstić information content (AvgIpc) is 2.17. The molecule has 0 spiro atoms. The molecule has 0 heterocycles. The van der Waals surface area contributed by atoms with Gasteiger partial charge in [0.2, 0.25) is 0 Å². The van der Waals surface area contributed by atoms with Gasteiger partial charge in [0.15, 0.2) is 0 Å². The standard InChI is InChI=1S/C11H26N2/c1-5-10-13(7-3)11(6-2)8-9-12-4/h11-12H,5-10H2,1-4H3. The minimum atomic E-state index is 0.775. The molecule has 0 aliphatic carbocycles. The molecule has 0 aliphatic rings.